The van der Waals surface area contributed by atoms with Crippen molar-refractivity contribution in [3.05, 3.63) is 35.4 Å². The fraction of sp³-hybridized carbons (Fsp3) is 0.375. The first-order valence-corrected chi connectivity index (χ1v) is 6.87. The van der Waals surface area contributed by atoms with E-state index in [1.165, 1.54) is 12.1 Å². The van der Waals surface area contributed by atoms with Crippen molar-refractivity contribution in [2.75, 3.05) is 7.11 Å². The zero-order valence-electron chi connectivity index (χ0n) is 12.3. The molecular formula is C16H14N4O2. The highest BCUT2D eigenvalue weighted by Gasteiger charge is 2.67. The van der Waals surface area contributed by atoms with Crippen LogP contribution in [0, 0.1) is 28.1 Å². The summed E-state index contributed by atoms with van der Waals surface area (Å²) in [6.07, 6.45) is 1.92. The summed E-state index contributed by atoms with van der Waals surface area (Å²) in [6.45, 7) is 1.60. The van der Waals surface area contributed by atoms with Gasteiger partial charge in [-0.15, -0.1) is 0 Å². The summed E-state index contributed by atoms with van der Waals surface area (Å²) in [6, 6.07) is 11.4. The number of hydrazone groups is 1. The topological polar surface area (TPSA) is 89.5 Å². The molecule has 2 heterocycles. The largest absolute Gasteiger partial charge is 0.468 e. The third kappa shape index (κ3) is 1.47. The van der Waals surface area contributed by atoms with Crippen molar-refractivity contribution in [3.63, 3.8) is 0 Å². The maximum atomic E-state index is 12.3. The van der Waals surface area contributed by atoms with Gasteiger partial charge in [0.2, 0.25) is 5.54 Å². The number of hydrogen-bond acceptors (Lipinski definition) is 6. The normalized spacial score (nSPS) is 27.3. The molecular weight excluding hydrogens is 280 g/mol. The number of carbonyl (C=O) groups excluding carboxylic acids is 1. The van der Waals surface area contributed by atoms with Crippen LogP contribution in [0.15, 0.2) is 29.4 Å². The number of methoxy groups -OCH3 is 1. The highest BCUT2D eigenvalue weighted by Crippen LogP contribution is 2.55. The maximum absolute atomic E-state index is 12.3. The second-order valence-electron chi connectivity index (χ2n) is 5.70. The smallest absolute Gasteiger partial charge is 0.316 e. The van der Waals surface area contributed by atoms with E-state index in [-0.39, 0.29) is 6.04 Å². The molecule has 1 aromatic rings. The van der Waals surface area contributed by atoms with Crippen LogP contribution in [0.1, 0.15) is 30.5 Å². The molecule has 0 spiro atoms. The Bertz CT molecular complexity index is 744. The molecule has 0 N–H and O–H groups in total. The van der Waals surface area contributed by atoms with Crippen molar-refractivity contribution in [1.82, 2.24) is 5.01 Å². The molecule has 0 aliphatic carbocycles. The Labute approximate surface area is 128 Å². The molecule has 2 aliphatic rings. The van der Waals surface area contributed by atoms with Crippen LogP contribution in [-0.2, 0) is 9.53 Å². The number of benzene rings is 1. The molecule has 0 bridgehead atoms. The first-order valence-electron chi connectivity index (χ1n) is 6.87. The Morgan fingerprint density at radius 1 is 1.41 bits per heavy atom. The van der Waals surface area contributed by atoms with Gasteiger partial charge < -0.3 is 4.74 Å². The predicted molar refractivity (Wildman–Crippen MR) is 77.3 cm³/mol. The van der Waals surface area contributed by atoms with E-state index in [1.54, 1.807) is 13.1 Å². The van der Waals surface area contributed by atoms with Gasteiger partial charge >= 0.3 is 5.97 Å². The summed E-state index contributed by atoms with van der Waals surface area (Å²) in [4.78, 5) is 12.3. The predicted octanol–water partition coefficient (Wildman–Crippen LogP) is 1.75. The molecule has 2 atom stereocenters. The van der Waals surface area contributed by atoms with Gasteiger partial charge in [0.05, 0.1) is 19.4 Å². The number of carbonyl (C=O) groups is 1. The van der Waals surface area contributed by atoms with E-state index in [2.05, 4.69) is 5.10 Å². The molecule has 1 aromatic carbocycles. The molecule has 0 saturated carbocycles. The Morgan fingerprint density at radius 2 is 2.09 bits per heavy atom. The van der Waals surface area contributed by atoms with E-state index < -0.39 is 16.9 Å². The molecule has 1 fully saturated rings. The lowest BCUT2D eigenvalue weighted by atomic mass is 9.72. The van der Waals surface area contributed by atoms with Gasteiger partial charge in [-0.05, 0) is 24.5 Å². The van der Waals surface area contributed by atoms with E-state index >= 15 is 0 Å². The van der Waals surface area contributed by atoms with Crippen LogP contribution < -0.4 is 0 Å². The van der Waals surface area contributed by atoms with E-state index in [4.69, 9.17) is 4.74 Å². The molecule has 22 heavy (non-hydrogen) atoms. The van der Waals surface area contributed by atoms with Crippen LogP contribution in [0.3, 0.4) is 0 Å². The van der Waals surface area contributed by atoms with E-state index in [1.807, 2.05) is 36.4 Å². The number of nitriles is 2. The van der Waals surface area contributed by atoms with Gasteiger partial charge in [-0.1, -0.05) is 24.3 Å². The minimum atomic E-state index is -1.69. The number of rotatable bonds is 1. The van der Waals surface area contributed by atoms with Crippen LogP contribution in [0.2, 0.25) is 0 Å². The summed E-state index contributed by atoms with van der Waals surface area (Å²) < 4.78 is 4.87. The lowest BCUT2D eigenvalue weighted by Gasteiger charge is -2.35. The Balaban J connectivity index is 2.21. The van der Waals surface area contributed by atoms with Gasteiger partial charge in [-0.2, -0.15) is 15.6 Å². The van der Waals surface area contributed by atoms with Crippen molar-refractivity contribution in [3.8, 4) is 12.1 Å². The van der Waals surface area contributed by atoms with E-state index in [0.717, 1.165) is 11.1 Å². The van der Waals surface area contributed by atoms with E-state index in [9.17, 15) is 15.3 Å². The molecule has 0 radical (unpaired) electrons. The molecule has 0 amide bonds. The number of nitrogens with zero attached hydrogens (tertiary/aromatic N) is 4. The summed E-state index contributed by atoms with van der Waals surface area (Å²) in [5.74, 6) is -0.572. The molecule has 3 rings (SSSR count). The van der Waals surface area contributed by atoms with Crippen LogP contribution >= 0.6 is 0 Å². The standard InChI is InChI=1S/C16H14N4O2/c1-15(14(21)22-2)7-13-12-6-4-3-5-11(12)8-19-20(13)16(15,9-17)10-18/h3-6,8,13H,7H2,1-2H3/t13-,15+/m1/s1. The third-order valence-corrected chi connectivity index (χ3v) is 4.67. The molecule has 6 nitrogen and oxygen atoms in total. The zero-order chi connectivity index (χ0) is 16.0. The fourth-order valence-corrected chi connectivity index (χ4v) is 3.40. The molecule has 2 aliphatic heterocycles. The Morgan fingerprint density at radius 3 is 2.73 bits per heavy atom. The second-order valence-corrected chi connectivity index (χ2v) is 5.70. The van der Waals surface area contributed by atoms with Gasteiger partial charge in [0.1, 0.15) is 17.6 Å². The van der Waals surface area contributed by atoms with Crippen molar-refractivity contribution in [1.29, 1.82) is 10.5 Å². The van der Waals surface area contributed by atoms with Crippen molar-refractivity contribution in [2.45, 2.75) is 24.9 Å². The monoisotopic (exact) mass is 294 g/mol. The van der Waals surface area contributed by atoms with Crippen LogP contribution in [-0.4, -0.2) is 29.8 Å². The third-order valence-electron chi connectivity index (χ3n) is 4.67. The number of ether oxygens (including phenoxy) is 1. The van der Waals surface area contributed by atoms with Crippen LogP contribution in [0.4, 0.5) is 0 Å². The molecule has 110 valence electrons. The van der Waals surface area contributed by atoms with Gasteiger partial charge in [-0.3, -0.25) is 9.80 Å². The molecule has 0 aromatic heterocycles. The highest BCUT2D eigenvalue weighted by atomic mass is 16.5. The van der Waals surface area contributed by atoms with Gasteiger partial charge in [0.25, 0.3) is 0 Å². The number of esters is 1. The Hall–Kier alpha value is -2.86. The van der Waals surface area contributed by atoms with Crippen molar-refractivity contribution >= 4 is 12.2 Å². The Kier molecular flexibility index (Phi) is 2.93. The summed E-state index contributed by atoms with van der Waals surface area (Å²) in [5.41, 5.74) is -1.07. The summed E-state index contributed by atoms with van der Waals surface area (Å²) >= 11 is 0. The maximum Gasteiger partial charge on any atom is 0.316 e. The van der Waals surface area contributed by atoms with Crippen LogP contribution in [0.25, 0.3) is 0 Å². The zero-order valence-corrected chi connectivity index (χ0v) is 12.3. The minimum absolute atomic E-state index is 0.301. The molecule has 1 saturated heterocycles. The lowest BCUT2D eigenvalue weighted by molar-refractivity contribution is -0.153. The van der Waals surface area contributed by atoms with Gasteiger partial charge in [0, 0.05) is 0 Å². The minimum Gasteiger partial charge on any atom is -0.468 e. The quantitative estimate of drug-likeness (QED) is 0.736. The summed E-state index contributed by atoms with van der Waals surface area (Å²) in [5, 5.41) is 25.1. The average Bonchev–Trinajstić information content (AvgIpc) is 2.83. The number of fused-ring (bicyclic) bond motifs is 3. The van der Waals surface area contributed by atoms with Gasteiger partial charge in [0.15, 0.2) is 0 Å². The molecule has 0 unspecified atom stereocenters. The van der Waals surface area contributed by atoms with Crippen molar-refractivity contribution < 1.29 is 9.53 Å². The van der Waals surface area contributed by atoms with E-state index in [0.29, 0.717) is 6.42 Å². The average molecular weight is 294 g/mol. The fourth-order valence-electron chi connectivity index (χ4n) is 3.40. The van der Waals surface area contributed by atoms with Crippen molar-refractivity contribution in [2.24, 2.45) is 10.5 Å². The summed E-state index contributed by atoms with van der Waals surface area (Å²) in [7, 11) is 1.27. The number of hydrogen-bond donors (Lipinski definition) is 0. The van der Waals surface area contributed by atoms with Gasteiger partial charge in [-0.25, -0.2) is 0 Å². The molecule has 6 heteroatoms. The first-order chi connectivity index (χ1) is 10.5. The first kappa shape index (κ1) is 14.1. The SMILES string of the molecule is COC(=O)[C@]1(C)C[C@@H]2c3ccccc3C=NN2C1(C#N)C#N. The highest BCUT2D eigenvalue weighted by molar-refractivity contribution is 5.85. The lowest BCUT2D eigenvalue weighted by Crippen LogP contribution is -2.53. The van der Waals surface area contributed by atoms with Crippen LogP contribution in [0.5, 0.6) is 0 Å². The second kappa shape index (κ2) is 4.57.